The lowest BCUT2D eigenvalue weighted by molar-refractivity contribution is -0.162. The molecule has 0 aliphatic carbocycles. The van der Waals surface area contributed by atoms with E-state index in [4.69, 9.17) is 5.11 Å². The molecule has 0 radical (unpaired) electrons. The Hall–Kier alpha value is -0.780. The minimum absolute atomic E-state index is 0.205. The van der Waals surface area contributed by atoms with Crippen molar-refractivity contribution in [3.63, 3.8) is 0 Å². The summed E-state index contributed by atoms with van der Waals surface area (Å²) in [4.78, 5) is 12.5. The van der Waals surface area contributed by atoms with Gasteiger partial charge in [0.15, 0.2) is 0 Å². The van der Waals surface area contributed by atoms with Crippen molar-refractivity contribution < 1.29 is 23.1 Å². The average Bonchev–Trinajstić information content (AvgIpc) is 1.99. The lowest BCUT2D eigenvalue weighted by Crippen LogP contribution is -2.43. The number of carboxylic acids is 1. The molecule has 2 unspecified atom stereocenters. The first-order valence-electron chi connectivity index (χ1n) is 4.77. The van der Waals surface area contributed by atoms with Gasteiger partial charge in [0, 0.05) is 13.0 Å². The number of carboxylic acid groups (broad SMARTS) is 1. The van der Waals surface area contributed by atoms with Gasteiger partial charge in [-0.3, -0.25) is 4.79 Å². The Kier molecular flexibility index (Phi) is 3.59. The zero-order chi connectivity index (χ0) is 11.6. The van der Waals surface area contributed by atoms with Crippen LogP contribution in [0.5, 0.6) is 0 Å². The summed E-state index contributed by atoms with van der Waals surface area (Å²) in [7, 11) is 1.71. The molecule has 0 aromatic rings. The summed E-state index contributed by atoms with van der Waals surface area (Å²) in [5.41, 5.74) is 0. The average molecular weight is 225 g/mol. The minimum Gasteiger partial charge on any atom is -0.481 e. The van der Waals surface area contributed by atoms with Crippen LogP contribution in [0.4, 0.5) is 13.2 Å². The third-order valence-corrected chi connectivity index (χ3v) is 2.75. The van der Waals surface area contributed by atoms with Gasteiger partial charge in [0.2, 0.25) is 0 Å². The van der Waals surface area contributed by atoms with Crippen LogP contribution in [-0.4, -0.2) is 42.3 Å². The van der Waals surface area contributed by atoms with E-state index in [1.807, 2.05) is 0 Å². The quantitative estimate of drug-likeness (QED) is 0.775. The second-order valence-corrected chi connectivity index (χ2v) is 4.08. The molecule has 0 amide bonds. The number of hydrogen-bond acceptors (Lipinski definition) is 2. The van der Waals surface area contributed by atoms with Gasteiger partial charge in [-0.2, -0.15) is 13.2 Å². The summed E-state index contributed by atoms with van der Waals surface area (Å²) < 4.78 is 36.6. The van der Waals surface area contributed by atoms with E-state index < -0.39 is 30.4 Å². The first-order valence-corrected chi connectivity index (χ1v) is 4.77. The predicted octanol–water partition coefficient (Wildman–Crippen LogP) is 1.59. The van der Waals surface area contributed by atoms with Crippen molar-refractivity contribution in [3.05, 3.63) is 0 Å². The van der Waals surface area contributed by atoms with Gasteiger partial charge < -0.3 is 10.0 Å². The molecular weight excluding hydrogens is 211 g/mol. The highest BCUT2D eigenvalue weighted by Crippen LogP contribution is 2.33. The molecule has 0 aromatic carbocycles. The fourth-order valence-electron chi connectivity index (χ4n) is 2.04. The Labute approximate surface area is 85.9 Å². The summed E-state index contributed by atoms with van der Waals surface area (Å²) >= 11 is 0. The zero-order valence-electron chi connectivity index (χ0n) is 8.42. The van der Waals surface area contributed by atoms with E-state index in [1.54, 1.807) is 11.9 Å². The molecule has 3 nitrogen and oxygen atoms in total. The largest absolute Gasteiger partial charge is 0.481 e. The molecule has 1 fully saturated rings. The second kappa shape index (κ2) is 4.38. The summed E-state index contributed by atoms with van der Waals surface area (Å²) in [6, 6.07) is 0. The van der Waals surface area contributed by atoms with Crippen molar-refractivity contribution in [1.82, 2.24) is 4.90 Å². The summed E-state index contributed by atoms with van der Waals surface area (Å²) in [5.74, 6) is -2.79. The summed E-state index contributed by atoms with van der Waals surface area (Å²) in [6.07, 6.45) is -4.99. The van der Waals surface area contributed by atoms with Crippen LogP contribution >= 0.6 is 0 Å². The van der Waals surface area contributed by atoms with Crippen molar-refractivity contribution >= 4 is 5.97 Å². The van der Waals surface area contributed by atoms with Crippen molar-refractivity contribution in [2.75, 3.05) is 20.1 Å². The molecule has 1 rings (SSSR count). The topological polar surface area (TPSA) is 40.5 Å². The predicted molar refractivity (Wildman–Crippen MR) is 47.4 cm³/mol. The Morgan fingerprint density at radius 3 is 2.60 bits per heavy atom. The molecule has 88 valence electrons. The molecule has 1 N–H and O–H groups in total. The standard InChI is InChI=1S/C9H14F3NO2/c1-13-3-2-7(8(14)15)6(5-13)4-9(10,11)12/h6-7H,2-5H2,1H3,(H,14,15). The molecule has 1 heterocycles. The third-order valence-electron chi connectivity index (χ3n) is 2.75. The van der Waals surface area contributed by atoms with Gasteiger partial charge in [0.1, 0.15) is 0 Å². The highest BCUT2D eigenvalue weighted by molar-refractivity contribution is 5.70. The van der Waals surface area contributed by atoms with Gasteiger partial charge in [-0.15, -0.1) is 0 Å². The Bertz CT molecular complexity index is 242. The van der Waals surface area contributed by atoms with Crippen molar-refractivity contribution in [3.8, 4) is 0 Å². The molecule has 0 bridgehead atoms. The fraction of sp³-hybridized carbons (Fsp3) is 0.889. The minimum atomic E-state index is -4.28. The van der Waals surface area contributed by atoms with Crippen molar-refractivity contribution in [1.29, 1.82) is 0 Å². The van der Waals surface area contributed by atoms with Crippen LogP contribution < -0.4 is 0 Å². The number of rotatable bonds is 2. The number of alkyl halides is 3. The van der Waals surface area contributed by atoms with E-state index in [2.05, 4.69) is 0 Å². The smallest absolute Gasteiger partial charge is 0.389 e. The van der Waals surface area contributed by atoms with Crippen LogP contribution in [0.2, 0.25) is 0 Å². The number of carbonyl (C=O) groups is 1. The number of hydrogen-bond donors (Lipinski definition) is 1. The van der Waals surface area contributed by atoms with E-state index in [1.165, 1.54) is 0 Å². The highest BCUT2D eigenvalue weighted by atomic mass is 19.4. The van der Waals surface area contributed by atoms with Gasteiger partial charge >= 0.3 is 12.1 Å². The first-order chi connectivity index (χ1) is 6.79. The fourth-order valence-corrected chi connectivity index (χ4v) is 2.04. The normalized spacial score (nSPS) is 29.1. The molecule has 6 heteroatoms. The second-order valence-electron chi connectivity index (χ2n) is 4.08. The zero-order valence-corrected chi connectivity index (χ0v) is 8.42. The molecule has 1 aliphatic heterocycles. The molecule has 0 saturated carbocycles. The van der Waals surface area contributed by atoms with Gasteiger partial charge in [-0.1, -0.05) is 0 Å². The van der Waals surface area contributed by atoms with Crippen molar-refractivity contribution in [2.45, 2.75) is 19.0 Å². The lowest BCUT2D eigenvalue weighted by atomic mass is 9.83. The molecular formula is C9H14F3NO2. The van der Waals surface area contributed by atoms with E-state index in [0.717, 1.165) is 0 Å². The molecule has 2 atom stereocenters. The molecule has 0 aromatic heterocycles. The van der Waals surface area contributed by atoms with Crippen LogP contribution in [0.25, 0.3) is 0 Å². The van der Waals surface area contributed by atoms with Crippen molar-refractivity contribution in [2.24, 2.45) is 11.8 Å². The lowest BCUT2D eigenvalue weighted by Gasteiger charge is -2.34. The molecule has 1 saturated heterocycles. The molecule has 0 spiro atoms. The van der Waals surface area contributed by atoms with E-state index in [9.17, 15) is 18.0 Å². The maximum Gasteiger partial charge on any atom is 0.389 e. The number of piperidine rings is 1. The number of halogens is 3. The van der Waals surface area contributed by atoms with Gasteiger partial charge in [0.25, 0.3) is 0 Å². The Morgan fingerprint density at radius 1 is 1.53 bits per heavy atom. The Morgan fingerprint density at radius 2 is 2.13 bits per heavy atom. The summed E-state index contributed by atoms with van der Waals surface area (Å²) in [6.45, 7) is 0.752. The maximum atomic E-state index is 12.2. The SMILES string of the molecule is CN1CCC(C(=O)O)C(CC(F)(F)F)C1. The monoisotopic (exact) mass is 225 g/mol. The number of aliphatic carboxylic acids is 1. The number of nitrogens with zero attached hydrogens (tertiary/aromatic N) is 1. The first kappa shape index (κ1) is 12.3. The van der Waals surface area contributed by atoms with Crippen LogP contribution in [0, 0.1) is 11.8 Å². The van der Waals surface area contributed by atoms with E-state index in [0.29, 0.717) is 13.0 Å². The Balaban J connectivity index is 2.66. The van der Waals surface area contributed by atoms with Crippen LogP contribution in [-0.2, 0) is 4.79 Å². The van der Waals surface area contributed by atoms with Gasteiger partial charge in [-0.25, -0.2) is 0 Å². The van der Waals surface area contributed by atoms with Gasteiger partial charge in [-0.05, 0) is 25.9 Å². The highest BCUT2D eigenvalue weighted by Gasteiger charge is 2.40. The number of likely N-dealkylation sites (tertiary alicyclic amines) is 1. The maximum absolute atomic E-state index is 12.2. The van der Waals surface area contributed by atoms with E-state index in [-0.39, 0.29) is 6.54 Å². The van der Waals surface area contributed by atoms with Crippen LogP contribution in [0.3, 0.4) is 0 Å². The van der Waals surface area contributed by atoms with Crippen LogP contribution in [0.1, 0.15) is 12.8 Å². The molecule has 1 aliphatic rings. The van der Waals surface area contributed by atoms with E-state index >= 15 is 0 Å². The van der Waals surface area contributed by atoms with Gasteiger partial charge in [0.05, 0.1) is 5.92 Å². The van der Waals surface area contributed by atoms with Crippen LogP contribution in [0.15, 0.2) is 0 Å². The molecule has 15 heavy (non-hydrogen) atoms. The summed E-state index contributed by atoms with van der Waals surface area (Å²) in [5, 5.41) is 8.81. The third kappa shape index (κ3) is 3.70.